The van der Waals surface area contributed by atoms with Gasteiger partial charge in [0.2, 0.25) is 5.91 Å². The summed E-state index contributed by atoms with van der Waals surface area (Å²) in [5.74, 6) is -0.893. The van der Waals surface area contributed by atoms with Crippen molar-refractivity contribution < 1.29 is 17.9 Å². The molecule has 2 rings (SSSR count). The summed E-state index contributed by atoms with van der Waals surface area (Å²) in [7, 11) is -3.38. The molecule has 1 aliphatic rings. The molecule has 8 heteroatoms. The predicted molar refractivity (Wildman–Crippen MR) is 109 cm³/mol. The highest BCUT2D eigenvalue weighted by Gasteiger charge is 2.36. The number of benzene rings is 1. The Morgan fingerprint density at radius 3 is 2.56 bits per heavy atom. The molecule has 1 aromatic rings. The molecule has 0 atom stereocenters. The molecular weight excluding hydrogens is 409 g/mol. The van der Waals surface area contributed by atoms with Crippen LogP contribution in [0.1, 0.15) is 44.6 Å². The van der Waals surface area contributed by atoms with Crippen LogP contribution in [0.4, 0.5) is 0 Å². The number of hydrogen-bond donors (Lipinski definition) is 1. The Labute approximate surface area is 171 Å². The van der Waals surface area contributed by atoms with Gasteiger partial charge >= 0.3 is 0 Å². The average Bonchev–Trinajstić information content (AvgIpc) is 2.60. The Hall–Kier alpha value is -0.820. The van der Waals surface area contributed by atoms with Crippen molar-refractivity contribution in [1.82, 2.24) is 5.32 Å². The number of amides is 1. The molecule has 0 bridgehead atoms. The molecule has 0 spiro atoms. The number of carbonyl (C=O) groups excluding carboxylic acids is 1. The largest absolute Gasteiger partial charge is 0.381 e. The van der Waals surface area contributed by atoms with Crippen molar-refractivity contribution in [3.8, 4) is 0 Å². The van der Waals surface area contributed by atoms with Gasteiger partial charge in [-0.25, -0.2) is 8.42 Å². The van der Waals surface area contributed by atoms with Crippen molar-refractivity contribution in [3.63, 3.8) is 0 Å². The summed E-state index contributed by atoms with van der Waals surface area (Å²) in [5, 5.41) is 3.91. The van der Waals surface area contributed by atoms with Gasteiger partial charge in [-0.15, -0.1) is 0 Å². The fourth-order valence-electron chi connectivity index (χ4n) is 3.39. The maximum atomic E-state index is 12.3. The summed E-state index contributed by atoms with van der Waals surface area (Å²) in [6, 6.07) is 5.35. The van der Waals surface area contributed by atoms with E-state index in [-0.39, 0.29) is 11.2 Å². The molecule has 1 aromatic carbocycles. The minimum Gasteiger partial charge on any atom is -0.381 e. The van der Waals surface area contributed by atoms with E-state index in [1.54, 1.807) is 12.1 Å². The SMILES string of the molecule is CCCCCS(=O)(=O)CC(=O)NCC1(c2ccc(Cl)cc2Cl)CCOCC1. The molecule has 1 amide bonds. The minimum atomic E-state index is -3.38. The fraction of sp³-hybridized carbons (Fsp3) is 0.632. The number of sulfone groups is 1. The van der Waals surface area contributed by atoms with E-state index in [1.807, 2.05) is 13.0 Å². The molecule has 27 heavy (non-hydrogen) atoms. The molecule has 1 aliphatic heterocycles. The molecular formula is C19H27Cl2NO4S. The molecule has 5 nitrogen and oxygen atoms in total. The second kappa shape index (κ2) is 10.1. The maximum Gasteiger partial charge on any atom is 0.235 e. The van der Waals surface area contributed by atoms with Gasteiger partial charge < -0.3 is 10.1 Å². The first-order valence-electron chi connectivity index (χ1n) is 9.28. The summed E-state index contributed by atoms with van der Waals surface area (Å²) in [4.78, 5) is 12.3. The zero-order chi connectivity index (χ0) is 19.9. The lowest BCUT2D eigenvalue weighted by Crippen LogP contribution is -2.46. The van der Waals surface area contributed by atoms with Gasteiger partial charge in [-0.3, -0.25) is 4.79 Å². The van der Waals surface area contributed by atoms with E-state index < -0.39 is 21.5 Å². The minimum absolute atomic E-state index is 0.0518. The lowest BCUT2D eigenvalue weighted by Gasteiger charge is -2.38. The van der Waals surface area contributed by atoms with Crippen LogP contribution in [0.15, 0.2) is 18.2 Å². The second-order valence-corrected chi connectivity index (χ2v) is 10.1. The molecule has 1 saturated heterocycles. The Morgan fingerprint density at radius 1 is 1.22 bits per heavy atom. The monoisotopic (exact) mass is 435 g/mol. The van der Waals surface area contributed by atoms with Crippen molar-refractivity contribution in [3.05, 3.63) is 33.8 Å². The second-order valence-electron chi connectivity index (χ2n) is 7.09. The van der Waals surface area contributed by atoms with Crippen LogP contribution in [0.2, 0.25) is 10.0 Å². The van der Waals surface area contributed by atoms with Crippen molar-refractivity contribution in [2.75, 3.05) is 31.3 Å². The highest BCUT2D eigenvalue weighted by Crippen LogP contribution is 2.39. The number of halogens is 2. The van der Waals surface area contributed by atoms with Crippen molar-refractivity contribution in [2.24, 2.45) is 0 Å². The average molecular weight is 436 g/mol. The van der Waals surface area contributed by atoms with E-state index in [1.165, 1.54) is 0 Å². The standard InChI is InChI=1S/C19H27Cl2NO4S/c1-2-3-4-11-27(24,25)13-18(23)22-14-19(7-9-26-10-8-19)16-6-5-15(20)12-17(16)21/h5-6,12H,2-4,7-11,13-14H2,1H3,(H,22,23). The summed E-state index contributed by atoms with van der Waals surface area (Å²) >= 11 is 12.4. The van der Waals surface area contributed by atoms with E-state index >= 15 is 0 Å². The van der Waals surface area contributed by atoms with Gasteiger partial charge in [-0.2, -0.15) is 0 Å². The molecule has 152 valence electrons. The van der Waals surface area contributed by atoms with Crippen LogP contribution in [0.3, 0.4) is 0 Å². The number of ether oxygens (including phenoxy) is 1. The zero-order valence-electron chi connectivity index (χ0n) is 15.6. The van der Waals surface area contributed by atoms with Crippen LogP contribution in [0.5, 0.6) is 0 Å². The Balaban J connectivity index is 2.05. The van der Waals surface area contributed by atoms with Crippen molar-refractivity contribution >= 4 is 38.9 Å². The van der Waals surface area contributed by atoms with Gasteiger partial charge in [0.25, 0.3) is 0 Å². The third-order valence-corrected chi connectivity index (χ3v) is 7.15. The third kappa shape index (κ3) is 6.63. The highest BCUT2D eigenvalue weighted by molar-refractivity contribution is 7.92. The van der Waals surface area contributed by atoms with Crippen LogP contribution in [0.25, 0.3) is 0 Å². The summed E-state index contributed by atoms with van der Waals surface area (Å²) in [6.07, 6.45) is 3.76. The van der Waals surface area contributed by atoms with Gasteiger partial charge in [0.1, 0.15) is 5.75 Å². The smallest absolute Gasteiger partial charge is 0.235 e. The number of hydrogen-bond acceptors (Lipinski definition) is 4. The Morgan fingerprint density at radius 2 is 1.93 bits per heavy atom. The number of nitrogens with one attached hydrogen (secondary N) is 1. The number of rotatable bonds is 9. The quantitative estimate of drug-likeness (QED) is 0.599. The predicted octanol–water partition coefficient (Wildman–Crippen LogP) is 3.76. The van der Waals surface area contributed by atoms with Crippen LogP contribution in [-0.2, 0) is 24.8 Å². The van der Waals surface area contributed by atoms with E-state index in [4.69, 9.17) is 27.9 Å². The van der Waals surface area contributed by atoms with E-state index in [9.17, 15) is 13.2 Å². The Kier molecular flexibility index (Phi) is 8.40. The Bertz CT molecular complexity index is 746. The first kappa shape index (κ1) is 22.5. The normalized spacial score (nSPS) is 16.9. The molecule has 1 fully saturated rings. The lowest BCUT2D eigenvalue weighted by atomic mass is 9.74. The molecule has 0 saturated carbocycles. The van der Waals surface area contributed by atoms with Crippen LogP contribution < -0.4 is 5.32 Å². The lowest BCUT2D eigenvalue weighted by molar-refractivity contribution is -0.119. The topological polar surface area (TPSA) is 72.5 Å². The number of carbonyl (C=O) groups is 1. The van der Waals surface area contributed by atoms with Gasteiger partial charge in [0.05, 0.1) is 5.75 Å². The molecule has 0 aromatic heterocycles. The van der Waals surface area contributed by atoms with Gasteiger partial charge in [0, 0.05) is 35.2 Å². The fourth-order valence-corrected chi connectivity index (χ4v) is 5.28. The molecule has 0 radical (unpaired) electrons. The molecule has 1 N–H and O–H groups in total. The van der Waals surface area contributed by atoms with Gasteiger partial charge in [-0.05, 0) is 37.0 Å². The number of unbranched alkanes of at least 4 members (excludes halogenated alkanes) is 2. The highest BCUT2D eigenvalue weighted by atomic mass is 35.5. The third-order valence-electron chi connectivity index (χ3n) is 4.99. The molecule has 0 aliphatic carbocycles. The molecule has 0 unspecified atom stereocenters. The van der Waals surface area contributed by atoms with Gasteiger partial charge in [0.15, 0.2) is 9.84 Å². The van der Waals surface area contributed by atoms with Crippen molar-refractivity contribution in [2.45, 2.75) is 44.4 Å². The van der Waals surface area contributed by atoms with E-state index in [0.717, 1.165) is 18.4 Å². The van der Waals surface area contributed by atoms with Crippen LogP contribution >= 0.6 is 23.2 Å². The first-order valence-corrected chi connectivity index (χ1v) is 11.9. The summed E-state index contributed by atoms with van der Waals surface area (Å²) in [5.41, 5.74) is 0.518. The maximum absolute atomic E-state index is 12.3. The van der Waals surface area contributed by atoms with E-state index in [0.29, 0.717) is 49.1 Å². The summed E-state index contributed by atoms with van der Waals surface area (Å²) in [6.45, 7) is 3.45. The zero-order valence-corrected chi connectivity index (χ0v) is 17.9. The van der Waals surface area contributed by atoms with Crippen LogP contribution in [0, 0.1) is 0 Å². The van der Waals surface area contributed by atoms with E-state index in [2.05, 4.69) is 5.32 Å². The van der Waals surface area contributed by atoms with Gasteiger partial charge in [-0.1, -0.05) is 49.0 Å². The first-order chi connectivity index (χ1) is 12.8. The van der Waals surface area contributed by atoms with Crippen LogP contribution in [-0.4, -0.2) is 45.6 Å². The van der Waals surface area contributed by atoms with Crippen molar-refractivity contribution in [1.29, 1.82) is 0 Å². The summed E-state index contributed by atoms with van der Waals surface area (Å²) < 4.78 is 29.7. The molecule has 1 heterocycles.